The third-order valence-electron chi connectivity index (χ3n) is 4.37. The van der Waals surface area contributed by atoms with Gasteiger partial charge in [-0.2, -0.15) is 0 Å². The Hall–Kier alpha value is -1.29. The molecule has 0 fully saturated rings. The Bertz CT molecular complexity index is 686. The SMILES string of the molecule is C=C1c2c(C)ccc(C)c2C(C)(C)N1c1ccccc1.[I-]. The van der Waals surface area contributed by atoms with Crippen LogP contribution in [0.4, 0.5) is 5.69 Å². The molecule has 0 unspecified atom stereocenters. The van der Waals surface area contributed by atoms with Crippen LogP contribution in [0.1, 0.15) is 36.1 Å². The highest BCUT2D eigenvalue weighted by atomic mass is 127. The van der Waals surface area contributed by atoms with Gasteiger partial charge in [-0.25, -0.2) is 0 Å². The molecule has 110 valence electrons. The minimum absolute atomic E-state index is 0. The van der Waals surface area contributed by atoms with Gasteiger partial charge in [-0.3, -0.25) is 0 Å². The van der Waals surface area contributed by atoms with Crippen molar-refractivity contribution in [1.82, 2.24) is 0 Å². The molecule has 0 atom stereocenters. The lowest BCUT2D eigenvalue weighted by Gasteiger charge is -2.35. The maximum Gasteiger partial charge on any atom is 0.0655 e. The highest BCUT2D eigenvalue weighted by Crippen LogP contribution is 2.49. The van der Waals surface area contributed by atoms with Crippen LogP contribution in [0, 0.1) is 13.8 Å². The zero-order valence-corrected chi connectivity index (χ0v) is 15.2. The van der Waals surface area contributed by atoms with E-state index in [0.29, 0.717) is 0 Å². The number of hydrogen-bond donors (Lipinski definition) is 0. The fraction of sp³-hybridized carbons (Fsp3) is 0.263. The number of para-hydroxylation sites is 1. The summed E-state index contributed by atoms with van der Waals surface area (Å²) >= 11 is 0. The molecular weight excluding hydrogens is 369 g/mol. The third-order valence-corrected chi connectivity index (χ3v) is 4.37. The van der Waals surface area contributed by atoms with Crippen LogP contribution in [-0.2, 0) is 5.54 Å². The Balaban J connectivity index is 0.00000161. The average Bonchev–Trinajstić information content (AvgIpc) is 2.63. The summed E-state index contributed by atoms with van der Waals surface area (Å²) in [6, 6.07) is 15.0. The van der Waals surface area contributed by atoms with Gasteiger partial charge in [0.1, 0.15) is 0 Å². The van der Waals surface area contributed by atoms with Crippen molar-refractivity contribution in [3.63, 3.8) is 0 Å². The maximum atomic E-state index is 4.38. The molecule has 0 spiro atoms. The number of hydrogen-bond acceptors (Lipinski definition) is 1. The van der Waals surface area contributed by atoms with E-state index in [1.54, 1.807) is 0 Å². The van der Waals surface area contributed by atoms with Crippen molar-refractivity contribution < 1.29 is 24.0 Å². The summed E-state index contributed by atoms with van der Waals surface area (Å²) in [5, 5.41) is 0. The second-order valence-electron chi connectivity index (χ2n) is 6.13. The van der Waals surface area contributed by atoms with Crippen molar-refractivity contribution in [1.29, 1.82) is 0 Å². The van der Waals surface area contributed by atoms with E-state index in [4.69, 9.17) is 0 Å². The smallest absolute Gasteiger partial charge is 0.0655 e. The minimum atomic E-state index is -0.0656. The molecule has 2 heteroatoms. The van der Waals surface area contributed by atoms with E-state index in [1.165, 1.54) is 27.9 Å². The first-order valence-electron chi connectivity index (χ1n) is 7.10. The summed E-state index contributed by atoms with van der Waals surface area (Å²) in [4.78, 5) is 2.36. The molecular formula is C19H21IN-. The minimum Gasteiger partial charge on any atom is -1.00 e. The summed E-state index contributed by atoms with van der Waals surface area (Å²) in [7, 11) is 0. The average molecular weight is 390 g/mol. The molecule has 0 amide bonds. The fourth-order valence-corrected chi connectivity index (χ4v) is 3.59. The number of aryl methyl sites for hydroxylation is 2. The molecule has 1 nitrogen and oxygen atoms in total. The maximum absolute atomic E-state index is 4.38. The van der Waals surface area contributed by atoms with E-state index < -0.39 is 0 Å². The molecule has 0 N–H and O–H groups in total. The molecule has 0 aromatic heterocycles. The Morgan fingerprint density at radius 1 is 0.905 bits per heavy atom. The molecule has 0 saturated heterocycles. The van der Waals surface area contributed by atoms with Gasteiger partial charge in [-0.1, -0.05) is 36.9 Å². The first-order chi connectivity index (χ1) is 9.44. The summed E-state index contributed by atoms with van der Waals surface area (Å²) < 4.78 is 0. The summed E-state index contributed by atoms with van der Waals surface area (Å²) in [5.74, 6) is 0. The van der Waals surface area contributed by atoms with Crippen LogP contribution >= 0.6 is 0 Å². The van der Waals surface area contributed by atoms with Crippen LogP contribution in [0.15, 0.2) is 49.0 Å². The molecule has 0 bridgehead atoms. The predicted octanol–water partition coefficient (Wildman–Crippen LogP) is 2.03. The second-order valence-corrected chi connectivity index (χ2v) is 6.13. The molecule has 2 aromatic rings. The molecule has 1 aliphatic rings. The monoisotopic (exact) mass is 390 g/mol. The molecule has 3 rings (SSSR count). The van der Waals surface area contributed by atoms with Crippen molar-refractivity contribution in [3.8, 4) is 0 Å². The molecule has 1 aliphatic heterocycles. The third kappa shape index (κ3) is 2.30. The number of rotatable bonds is 1. The van der Waals surface area contributed by atoms with Gasteiger partial charge in [-0.15, -0.1) is 0 Å². The van der Waals surface area contributed by atoms with Gasteiger partial charge in [0.05, 0.1) is 5.54 Å². The van der Waals surface area contributed by atoms with E-state index in [-0.39, 0.29) is 29.5 Å². The topological polar surface area (TPSA) is 3.24 Å². The second kappa shape index (κ2) is 5.48. The Morgan fingerprint density at radius 2 is 1.48 bits per heavy atom. The van der Waals surface area contributed by atoms with Crippen LogP contribution in [0.5, 0.6) is 0 Å². The van der Waals surface area contributed by atoms with Gasteiger partial charge in [0.25, 0.3) is 0 Å². The van der Waals surface area contributed by atoms with Gasteiger partial charge in [0, 0.05) is 16.9 Å². The zero-order chi connectivity index (χ0) is 14.5. The number of nitrogens with zero attached hydrogens (tertiary/aromatic N) is 1. The van der Waals surface area contributed by atoms with Gasteiger partial charge < -0.3 is 28.9 Å². The van der Waals surface area contributed by atoms with Crippen molar-refractivity contribution in [3.05, 3.63) is 71.3 Å². The first-order valence-corrected chi connectivity index (χ1v) is 7.10. The molecule has 1 heterocycles. The number of fused-ring (bicyclic) bond motifs is 1. The number of halogens is 1. The summed E-state index contributed by atoms with van der Waals surface area (Å²) in [6.07, 6.45) is 0. The van der Waals surface area contributed by atoms with E-state index in [0.717, 1.165) is 5.70 Å². The fourth-order valence-electron chi connectivity index (χ4n) is 3.59. The normalized spacial score (nSPS) is 15.6. The molecule has 2 aromatic carbocycles. The zero-order valence-electron chi connectivity index (χ0n) is 13.1. The number of benzene rings is 2. The van der Waals surface area contributed by atoms with Crippen molar-refractivity contribution >= 4 is 11.4 Å². The van der Waals surface area contributed by atoms with Gasteiger partial charge in [0.2, 0.25) is 0 Å². The Labute approximate surface area is 144 Å². The van der Waals surface area contributed by atoms with Crippen LogP contribution in [0.25, 0.3) is 5.70 Å². The van der Waals surface area contributed by atoms with E-state index in [9.17, 15) is 0 Å². The van der Waals surface area contributed by atoms with E-state index in [2.05, 4.69) is 81.6 Å². The Kier molecular flexibility index (Phi) is 4.20. The molecule has 0 radical (unpaired) electrons. The first kappa shape index (κ1) is 16.1. The van der Waals surface area contributed by atoms with E-state index in [1.807, 2.05) is 0 Å². The summed E-state index contributed by atoms with van der Waals surface area (Å²) in [5.41, 5.74) is 7.63. The standard InChI is InChI=1S/C19H21N.HI/c1-13-11-12-14(2)18-17(13)15(3)20(19(18,4)5)16-9-7-6-8-10-16;/h6-12H,3H2,1-2,4-5H3;1H/p-1. The lowest BCUT2D eigenvalue weighted by molar-refractivity contribution is -0.00000443. The van der Waals surface area contributed by atoms with Gasteiger partial charge in [-0.05, 0) is 56.5 Å². The van der Waals surface area contributed by atoms with Gasteiger partial charge >= 0.3 is 0 Å². The van der Waals surface area contributed by atoms with Crippen LogP contribution in [-0.4, -0.2) is 0 Å². The van der Waals surface area contributed by atoms with Crippen molar-refractivity contribution in [2.24, 2.45) is 0 Å². The molecule has 0 saturated carbocycles. The van der Waals surface area contributed by atoms with Gasteiger partial charge in [0.15, 0.2) is 0 Å². The lowest BCUT2D eigenvalue weighted by atomic mass is 9.87. The molecule has 21 heavy (non-hydrogen) atoms. The molecule has 0 aliphatic carbocycles. The van der Waals surface area contributed by atoms with Crippen LogP contribution in [0.2, 0.25) is 0 Å². The lowest BCUT2D eigenvalue weighted by Crippen LogP contribution is -3.00. The van der Waals surface area contributed by atoms with Crippen molar-refractivity contribution in [2.75, 3.05) is 4.90 Å². The quantitative estimate of drug-likeness (QED) is 0.674. The largest absolute Gasteiger partial charge is 1.00 e. The predicted molar refractivity (Wildman–Crippen MR) is 86.9 cm³/mol. The van der Waals surface area contributed by atoms with Crippen LogP contribution in [0.3, 0.4) is 0 Å². The highest BCUT2D eigenvalue weighted by molar-refractivity contribution is 5.89. The highest BCUT2D eigenvalue weighted by Gasteiger charge is 2.41. The Morgan fingerprint density at radius 3 is 2.05 bits per heavy atom. The van der Waals surface area contributed by atoms with Crippen molar-refractivity contribution in [2.45, 2.75) is 33.2 Å². The number of anilines is 1. The van der Waals surface area contributed by atoms with Crippen LogP contribution < -0.4 is 28.9 Å². The summed E-state index contributed by atoms with van der Waals surface area (Å²) in [6.45, 7) is 13.3. The van der Waals surface area contributed by atoms with E-state index >= 15 is 0 Å².